The molecule has 0 N–H and O–H groups in total. The third-order valence-corrected chi connectivity index (χ3v) is 1.10. The van der Waals surface area contributed by atoms with E-state index < -0.39 is 15.8 Å². The molecule has 0 aliphatic carbocycles. The first kappa shape index (κ1) is 19.1. The van der Waals surface area contributed by atoms with E-state index in [-0.39, 0.29) is 50.3 Å². The fourth-order valence-corrected chi connectivity index (χ4v) is 0.332. The first-order valence-electron chi connectivity index (χ1n) is 1.76. The van der Waals surface area contributed by atoms with Crippen molar-refractivity contribution in [3.05, 3.63) is 0 Å². The molecule has 0 aliphatic heterocycles. The van der Waals surface area contributed by atoms with Crippen LogP contribution in [-0.4, -0.2) is 0 Å². The average molecular weight is 367 g/mol. The fraction of sp³-hybridized carbons (Fsp3) is 0. The van der Waals surface area contributed by atoms with Crippen LogP contribution in [0.5, 0.6) is 0 Å². The predicted molar refractivity (Wildman–Crippen MR) is 21.7 cm³/mol. The van der Waals surface area contributed by atoms with Gasteiger partial charge < -0.3 is 0 Å². The van der Waals surface area contributed by atoms with Gasteiger partial charge in [-0.05, 0) is 0 Å². The second-order valence-corrected chi connectivity index (χ2v) is 2.37. The molecule has 2 aromatic rings. The molecule has 0 bridgehead atoms. The van der Waals surface area contributed by atoms with E-state index >= 15 is 0 Å². The first-order valence-corrected chi connectivity index (χ1v) is 3.95. The third-order valence-electron chi connectivity index (χ3n) is 0.365. The summed E-state index contributed by atoms with van der Waals surface area (Å²) in [5, 5.41) is 0. The molecule has 13 heavy (non-hydrogen) atoms. The molecule has 0 unspecified atom stereocenters. The van der Waals surface area contributed by atoms with Crippen molar-refractivity contribution in [1.82, 2.24) is 0 Å². The van der Waals surface area contributed by atoms with Gasteiger partial charge in [0.15, 0.2) is 0 Å². The maximum absolute atomic E-state index is 9.48. The molecule has 0 atom stereocenters. The van der Waals surface area contributed by atoms with Crippen LogP contribution in [0.2, 0.25) is 0 Å². The van der Waals surface area contributed by atoms with Crippen molar-refractivity contribution in [2.75, 3.05) is 0 Å². The SMILES string of the molecule is O=[p+]1ooo1.O=[p+]1ooo1.[Co].[Co].[Co]. The standard InChI is InChI=1S/3Co.2O4P/c;;;2*1-5-3-2-4-5/q;;;2*+1. The van der Waals surface area contributed by atoms with Gasteiger partial charge in [-0.3, -0.25) is 0 Å². The van der Waals surface area contributed by atoms with E-state index in [9.17, 15) is 9.13 Å². The van der Waals surface area contributed by atoms with Crippen molar-refractivity contribution in [1.29, 1.82) is 0 Å². The maximum atomic E-state index is 9.48. The van der Waals surface area contributed by atoms with Gasteiger partial charge in [0.05, 0.1) is 0 Å². The minimum atomic E-state index is -1.89. The van der Waals surface area contributed by atoms with Crippen LogP contribution in [0.4, 0.5) is 0 Å². The van der Waals surface area contributed by atoms with Gasteiger partial charge in [0.2, 0.25) is 0 Å². The molecule has 2 heterocycles. The minimum absolute atomic E-state index is 0. The second kappa shape index (κ2) is 10.6. The summed E-state index contributed by atoms with van der Waals surface area (Å²) >= 11 is 0. The van der Waals surface area contributed by atoms with E-state index in [0.717, 1.165) is 0 Å². The summed E-state index contributed by atoms with van der Waals surface area (Å²) in [6.07, 6.45) is 0. The monoisotopic (exact) mass is 367 g/mol. The van der Waals surface area contributed by atoms with Crippen molar-refractivity contribution in [3.63, 3.8) is 0 Å². The minimum Gasteiger partial charge on any atom is 0 e. The van der Waals surface area contributed by atoms with Crippen LogP contribution in [0.25, 0.3) is 0 Å². The molecule has 13 heteroatoms. The Morgan fingerprint density at radius 1 is 0.615 bits per heavy atom. The van der Waals surface area contributed by atoms with Gasteiger partial charge in [0.25, 0.3) is 0 Å². The Balaban J connectivity index is -0.000000125. The molecular formula is Co3O8P2+2. The number of hydrogen-bond donors (Lipinski definition) is 0. The molecule has 8 nitrogen and oxygen atoms in total. The van der Waals surface area contributed by atoms with Gasteiger partial charge >= 0.3 is 15.8 Å². The van der Waals surface area contributed by atoms with Crippen LogP contribution < -0.4 is 0 Å². The Kier molecular flexibility index (Phi) is 15.6. The second-order valence-electron chi connectivity index (χ2n) is 0.881. The van der Waals surface area contributed by atoms with Gasteiger partial charge in [0, 0.05) is 86.4 Å². The van der Waals surface area contributed by atoms with Crippen LogP contribution in [-0.2, 0) is 59.5 Å². The summed E-state index contributed by atoms with van der Waals surface area (Å²) in [5.74, 6) is 0. The number of rotatable bonds is 0. The van der Waals surface area contributed by atoms with E-state index in [1.807, 2.05) is 0 Å². The first-order chi connectivity index (χ1) is 4.79. The van der Waals surface area contributed by atoms with E-state index in [1.54, 1.807) is 0 Å². The molecule has 0 fully saturated rings. The quantitative estimate of drug-likeness (QED) is 0.653. The van der Waals surface area contributed by atoms with Crippen molar-refractivity contribution < 1.29 is 86.4 Å². The molecule has 2 aromatic heterocycles. The van der Waals surface area contributed by atoms with E-state index in [1.165, 1.54) is 0 Å². The van der Waals surface area contributed by atoms with Gasteiger partial charge in [0.1, 0.15) is 0 Å². The Hall–Kier alpha value is 0.519. The fourth-order valence-electron chi connectivity index (χ4n) is 0.111. The number of hydrogen-bond acceptors (Lipinski definition) is 8. The van der Waals surface area contributed by atoms with Crippen LogP contribution in [0.3, 0.4) is 0 Å². The maximum Gasteiger partial charge on any atom is 0.889 e. The molecule has 0 amide bonds. The van der Waals surface area contributed by atoms with Crippen molar-refractivity contribution in [3.8, 4) is 0 Å². The van der Waals surface area contributed by atoms with Crippen LogP contribution in [0, 0.1) is 0 Å². The molecule has 0 saturated heterocycles. The largest absolute Gasteiger partial charge is 0.889 e. The summed E-state index contributed by atoms with van der Waals surface area (Å²) in [4.78, 5) is 0. The van der Waals surface area contributed by atoms with Gasteiger partial charge in [-0.25, -0.2) is 0 Å². The van der Waals surface area contributed by atoms with Gasteiger partial charge in [-0.1, -0.05) is 0 Å². The van der Waals surface area contributed by atoms with E-state index in [2.05, 4.69) is 26.9 Å². The smallest absolute Gasteiger partial charge is 0 e. The van der Waals surface area contributed by atoms with Crippen molar-refractivity contribution in [2.45, 2.75) is 0 Å². The Morgan fingerprint density at radius 3 is 0.769 bits per heavy atom. The zero-order valence-electron chi connectivity index (χ0n) is 5.16. The molecule has 83 valence electrons. The Labute approximate surface area is 102 Å². The molecular weight excluding hydrogens is 367 g/mol. The molecule has 3 radical (unpaired) electrons. The topological polar surface area (TPSA) is 113 Å². The molecule has 0 saturated carbocycles. The summed E-state index contributed by atoms with van der Waals surface area (Å²) in [5.41, 5.74) is 0. The molecule has 0 spiro atoms. The van der Waals surface area contributed by atoms with Crippen LogP contribution >= 0.6 is 15.8 Å². The van der Waals surface area contributed by atoms with Crippen molar-refractivity contribution >= 4 is 15.8 Å². The zero-order valence-corrected chi connectivity index (χ0v) is 10.1. The van der Waals surface area contributed by atoms with Gasteiger partial charge in [-0.2, -0.15) is 0 Å². The molecule has 0 aromatic carbocycles. The zero-order chi connectivity index (χ0) is 7.40. The Bertz CT molecular complexity index is 282. The summed E-state index contributed by atoms with van der Waals surface area (Å²) < 4.78 is 40.9. The van der Waals surface area contributed by atoms with Crippen LogP contribution in [0.15, 0.2) is 26.9 Å². The van der Waals surface area contributed by atoms with E-state index in [4.69, 9.17) is 0 Å². The van der Waals surface area contributed by atoms with Gasteiger partial charge in [-0.15, -0.1) is 0 Å². The van der Waals surface area contributed by atoms with Crippen molar-refractivity contribution in [2.24, 2.45) is 0 Å². The molecule has 2 rings (SSSR count). The normalized spacial score (nSPS) is 6.77. The third kappa shape index (κ3) is 8.84. The summed E-state index contributed by atoms with van der Waals surface area (Å²) in [7, 11) is -3.78. The van der Waals surface area contributed by atoms with Crippen LogP contribution in [0.1, 0.15) is 0 Å². The Morgan fingerprint density at radius 2 is 0.769 bits per heavy atom. The summed E-state index contributed by atoms with van der Waals surface area (Å²) in [6, 6.07) is 0. The summed E-state index contributed by atoms with van der Waals surface area (Å²) in [6.45, 7) is 0. The average Bonchev–Trinajstić information content (AvgIpc) is 1.80. The molecule has 0 aliphatic rings. The van der Waals surface area contributed by atoms with E-state index in [0.29, 0.717) is 0 Å². The predicted octanol–water partition coefficient (Wildman–Crippen LogP) is 2.41.